The zero-order valence-electron chi connectivity index (χ0n) is 12.1. The van der Waals surface area contributed by atoms with E-state index in [2.05, 4.69) is 10.1 Å². The normalized spacial score (nSPS) is 22.5. The van der Waals surface area contributed by atoms with Gasteiger partial charge in [-0.05, 0) is 12.0 Å². The molecule has 2 rings (SSSR count). The van der Waals surface area contributed by atoms with Crippen molar-refractivity contribution in [3.05, 3.63) is 35.9 Å². The number of amides is 1. The summed E-state index contributed by atoms with van der Waals surface area (Å²) in [6.07, 6.45) is -0.761. The number of benzene rings is 1. The van der Waals surface area contributed by atoms with Gasteiger partial charge in [0, 0.05) is 5.92 Å². The number of esters is 1. The number of ether oxygens (including phenoxy) is 2. The van der Waals surface area contributed by atoms with Crippen LogP contribution in [0.1, 0.15) is 18.4 Å². The van der Waals surface area contributed by atoms with Crippen LogP contribution in [0.4, 0.5) is 4.79 Å². The lowest BCUT2D eigenvalue weighted by atomic mass is 10.1. The second-order valence-corrected chi connectivity index (χ2v) is 5.15. The molecule has 1 aromatic carbocycles. The Labute approximate surface area is 127 Å². The molecule has 0 radical (unpaired) electrons. The molecule has 1 amide bonds. The average molecular weight is 307 g/mol. The van der Waals surface area contributed by atoms with E-state index < -0.39 is 29.5 Å². The van der Waals surface area contributed by atoms with E-state index in [0.29, 0.717) is 0 Å². The van der Waals surface area contributed by atoms with Gasteiger partial charge in [-0.15, -0.1) is 0 Å². The number of carboxylic acid groups (broad SMARTS) is 1. The summed E-state index contributed by atoms with van der Waals surface area (Å²) in [6, 6.07) is 9.07. The van der Waals surface area contributed by atoms with Gasteiger partial charge in [0.2, 0.25) is 0 Å². The molecule has 1 aromatic rings. The molecule has 7 nitrogen and oxygen atoms in total. The van der Waals surface area contributed by atoms with Crippen LogP contribution in [-0.4, -0.2) is 35.8 Å². The van der Waals surface area contributed by atoms with Crippen LogP contribution in [0.15, 0.2) is 30.3 Å². The second-order valence-electron chi connectivity index (χ2n) is 5.15. The summed E-state index contributed by atoms with van der Waals surface area (Å²) in [5.41, 5.74) is -0.483. The number of hydrogen-bond donors (Lipinski definition) is 2. The minimum Gasteiger partial charge on any atom is -0.481 e. The Morgan fingerprint density at radius 1 is 1.32 bits per heavy atom. The molecule has 2 N–H and O–H groups in total. The van der Waals surface area contributed by atoms with E-state index >= 15 is 0 Å². The van der Waals surface area contributed by atoms with E-state index in [-0.39, 0.29) is 19.4 Å². The fraction of sp³-hybridized carbons (Fsp3) is 0.400. The van der Waals surface area contributed by atoms with E-state index in [1.54, 1.807) is 12.1 Å². The molecule has 1 aliphatic carbocycles. The summed E-state index contributed by atoms with van der Waals surface area (Å²) in [7, 11) is 1.19. The van der Waals surface area contributed by atoms with E-state index in [0.717, 1.165) is 5.56 Å². The van der Waals surface area contributed by atoms with Crippen LogP contribution in [0.3, 0.4) is 0 Å². The van der Waals surface area contributed by atoms with E-state index in [1.807, 2.05) is 18.2 Å². The smallest absolute Gasteiger partial charge is 0.408 e. The SMILES string of the molecule is COC(=O)[C@]1(NC(=O)OCc2ccccc2)C[C@H]1CC(=O)O. The lowest BCUT2D eigenvalue weighted by Gasteiger charge is -2.16. The molecule has 0 aromatic heterocycles. The minimum absolute atomic E-state index is 0.0630. The first-order chi connectivity index (χ1) is 10.5. The fourth-order valence-electron chi connectivity index (χ4n) is 2.36. The highest BCUT2D eigenvalue weighted by Gasteiger charge is 2.63. The van der Waals surface area contributed by atoms with Crippen molar-refractivity contribution in [3.63, 3.8) is 0 Å². The molecule has 118 valence electrons. The summed E-state index contributed by atoms with van der Waals surface area (Å²) in [6.45, 7) is 0.0630. The Morgan fingerprint density at radius 2 is 2.00 bits per heavy atom. The van der Waals surface area contributed by atoms with Crippen LogP contribution in [0.25, 0.3) is 0 Å². The maximum atomic E-state index is 11.8. The van der Waals surface area contributed by atoms with Gasteiger partial charge in [0.05, 0.1) is 13.5 Å². The zero-order valence-corrected chi connectivity index (χ0v) is 12.1. The van der Waals surface area contributed by atoms with Gasteiger partial charge in [-0.1, -0.05) is 30.3 Å². The number of alkyl carbamates (subject to hydrolysis) is 1. The predicted molar refractivity (Wildman–Crippen MR) is 74.9 cm³/mol. The summed E-state index contributed by atoms with van der Waals surface area (Å²) in [5, 5.41) is 11.2. The molecular formula is C15H17NO6. The Balaban J connectivity index is 1.92. The maximum absolute atomic E-state index is 11.8. The third-order valence-electron chi connectivity index (χ3n) is 3.61. The first-order valence-electron chi connectivity index (χ1n) is 6.77. The number of methoxy groups -OCH3 is 1. The Bertz CT molecular complexity index is 573. The lowest BCUT2D eigenvalue weighted by molar-refractivity contribution is -0.145. The standard InChI is InChI=1S/C15H17NO6/c1-21-13(19)15(8-11(15)7-12(17)18)16-14(20)22-9-10-5-3-2-4-6-10/h2-6,11H,7-9H2,1H3,(H,16,20)(H,17,18)/t11-,15+/m1/s1. The van der Waals surface area contributed by atoms with Gasteiger partial charge in [-0.3, -0.25) is 4.79 Å². The molecule has 0 aliphatic heterocycles. The monoisotopic (exact) mass is 307 g/mol. The summed E-state index contributed by atoms with van der Waals surface area (Å²) in [4.78, 5) is 34.4. The molecule has 0 spiro atoms. The molecule has 2 atom stereocenters. The van der Waals surface area contributed by atoms with Gasteiger partial charge in [-0.2, -0.15) is 0 Å². The largest absolute Gasteiger partial charge is 0.481 e. The Morgan fingerprint density at radius 3 is 2.59 bits per heavy atom. The van der Waals surface area contributed by atoms with Gasteiger partial charge in [-0.25, -0.2) is 9.59 Å². The molecule has 0 saturated heterocycles. The van der Waals surface area contributed by atoms with Gasteiger partial charge in [0.25, 0.3) is 0 Å². The fourth-order valence-corrected chi connectivity index (χ4v) is 2.36. The second kappa shape index (κ2) is 6.46. The van der Waals surface area contributed by atoms with Crippen molar-refractivity contribution in [2.24, 2.45) is 5.92 Å². The highest BCUT2D eigenvalue weighted by Crippen LogP contribution is 2.46. The predicted octanol–water partition coefficient (Wildman–Crippen LogP) is 1.32. The first kappa shape index (κ1) is 15.8. The molecule has 0 unspecified atom stereocenters. The quantitative estimate of drug-likeness (QED) is 0.768. The number of carbonyl (C=O) groups excluding carboxylic acids is 2. The van der Waals surface area contributed by atoms with Crippen molar-refractivity contribution in [2.75, 3.05) is 7.11 Å². The molecule has 1 fully saturated rings. The molecule has 0 bridgehead atoms. The van der Waals surface area contributed by atoms with E-state index in [4.69, 9.17) is 9.84 Å². The highest BCUT2D eigenvalue weighted by molar-refractivity contribution is 5.90. The van der Waals surface area contributed by atoms with E-state index in [1.165, 1.54) is 7.11 Å². The third-order valence-corrected chi connectivity index (χ3v) is 3.61. The van der Waals surface area contributed by atoms with Crippen molar-refractivity contribution in [1.29, 1.82) is 0 Å². The molecule has 1 aliphatic rings. The van der Waals surface area contributed by atoms with Crippen molar-refractivity contribution in [2.45, 2.75) is 25.0 Å². The summed E-state index contributed by atoms with van der Waals surface area (Å²) < 4.78 is 9.70. The van der Waals surface area contributed by atoms with Crippen LogP contribution in [0, 0.1) is 5.92 Å². The first-order valence-corrected chi connectivity index (χ1v) is 6.77. The van der Waals surface area contributed by atoms with Crippen molar-refractivity contribution in [3.8, 4) is 0 Å². The molecule has 22 heavy (non-hydrogen) atoms. The minimum atomic E-state index is -1.29. The summed E-state index contributed by atoms with van der Waals surface area (Å²) >= 11 is 0. The molecule has 1 saturated carbocycles. The van der Waals surface area contributed by atoms with E-state index in [9.17, 15) is 14.4 Å². The number of carbonyl (C=O) groups is 3. The summed E-state index contributed by atoms with van der Waals surface area (Å²) in [5.74, 6) is -2.17. The topological polar surface area (TPSA) is 102 Å². The Kier molecular flexibility index (Phi) is 4.65. The average Bonchev–Trinajstić information content (AvgIpc) is 3.18. The molecule has 7 heteroatoms. The van der Waals surface area contributed by atoms with Gasteiger partial charge >= 0.3 is 18.0 Å². The zero-order chi connectivity index (χ0) is 16.2. The number of nitrogens with one attached hydrogen (secondary N) is 1. The number of rotatable bonds is 6. The van der Waals surface area contributed by atoms with Crippen molar-refractivity contribution >= 4 is 18.0 Å². The van der Waals surface area contributed by atoms with Gasteiger partial charge in [0.1, 0.15) is 12.1 Å². The van der Waals surface area contributed by atoms with Crippen molar-refractivity contribution < 1.29 is 29.0 Å². The maximum Gasteiger partial charge on any atom is 0.408 e. The van der Waals surface area contributed by atoms with Crippen LogP contribution < -0.4 is 5.32 Å². The van der Waals surface area contributed by atoms with Crippen molar-refractivity contribution in [1.82, 2.24) is 5.32 Å². The van der Waals surface area contributed by atoms with Crippen LogP contribution in [-0.2, 0) is 25.7 Å². The number of hydrogen-bond acceptors (Lipinski definition) is 5. The van der Waals surface area contributed by atoms with Crippen LogP contribution >= 0.6 is 0 Å². The number of carboxylic acids is 1. The van der Waals surface area contributed by atoms with Gasteiger partial charge in [0.15, 0.2) is 0 Å². The van der Waals surface area contributed by atoms with Gasteiger partial charge < -0.3 is 19.9 Å². The van der Waals surface area contributed by atoms with Crippen LogP contribution in [0.2, 0.25) is 0 Å². The Hall–Kier alpha value is -2.57. The number of aliphatic carboxylic acids is 1. The highest BCUT2D eigenvalue weighted by atomic mass is 16.6. The molecular weight excluding hydrogens is 290 g/mol. The lowest BCUT2D eigenvalue weighted by Crippen LogP contribution is -2.46. The third kappa shape index (κ3) is 3.55. The molecule has 0 heterocycles. The van der Waals surface area contributed by atoms with Crippen LogP contribution in [0.5, 0.6) is 0 Å².